The number of hydrogen-bond acceptors (Lipinski definition) is 4. The molecule has 4 nitrogen and oxygen atoms in total. The van der Waals surface area contributed by atoms with Gasteiger partial charge >= 0.3 is 0 Å². The van der Waals surface area contributed by atoms with Crippen molar-refractivity contribution in [2.75, 3.05) is 26.3 Å². The molecular weight excluding hydrogens is 362 g/mol. The second kappa shape index (κ2) is 10.8. The maximum Gasteiger partial charge on any atom is 0.119 e. The number of benzene rings is 2. The Labute approximate surface area is 175 Å². The van der Waals surface area contributed by atoms with E-state index in [9.17, 15) is 5.11 Å². The van der Waals surface area contributed by atoms with Gasteiger partial charge in [-0.15, -0.1) is 0 Å². The molecule has 0 saturated carbocycles. The minimum atomic E-state index is -0.549. The predicted molar refractivity (Wildman–Crippen MR) is 117 cm³/mol. The highest BCUT2D eigenvalue weighted by Gasteiger charge is 2.21. The van der Waals surface area contributed by atoms with Crippen LogP contribution < -0.4 is 4.74 Å². The molecule has 158 valence electrons. The van der Waals surface area contributed by atoms with Gasteiger partial charge in [0, 0.05) is 26.2 Å². The van der Waals surface area contributed by atoms with Gasteiger partial charge in [0.1, 0.15) is 18.5 Å². The lowest BCUT2D eigenvalue weighted by molar-refractivity contribution is 0.0313. The lowest BCUT2D eigenvalue weighted by atomic mass is 10.1. The van der Waals surface area contributed by atoms with Crippen LogP contribution >= 0.6 is 0 Å². The summed E-state index contributed by atoms with van der Waals surface area (Å²) in [5.74, 6) is 0.822. The number of nitrogens with zero attached hydrogens (tertiary/aromatic N) is 1. The van der Waals surface area contributed by atoms with Crippen molar-refractivity contribution in [3.8, 4) is 5.75 Å². The van der Waals surface area contributed by atoms with Gasteiger partial charge in [-0.3, -0.25) is 4.90 Å². The highest BCUT2D eigenvalue weighted by molar-refractivity contribution is 5.33. The first-order valence-corrected chi connectivity index (χ1v) is 10.8. The zero-order chi connectivity index (χ0) is 20.6. The lowest BCUT2D eigenvalue weighted by Crippen LogP contribution is -2.39. The van der Waals surface area contributed by atoms with Crippen LogP contribution in [0.2, 0.25) is 0 Å². The molecule has 1 aliphatic rings. The molecule has 0 spiro atoms. The van der Waals surface area contributed by atoms with Gasteiger partial charge in [0.05, 0.1) is 6.10 Å². The van der Waals surface area contributed by atoms with E-state index in [0.29, 0.717) is 13.2 Å². The van der Waals surface area contributed by atoms with Crippen molar-refractivity contribution in [3.05, 3.63) is 64.7 Å². The molecule has 3 rings (SSSR count). The molecule has 0 radical (unpaired) electrons. The molecule has 1 fully saturated rings. The van der Waals surface area contributed by atoms with Gasteiger partial charge in [0.15, 0.2) is 0 Å². The Morgan fingerprint density at radius 2 is 1.79 bits per heavy atom. The Bertz CT molecular complexity index is 733. The summed E-state index contributed by atoms with van der Waals surface area (Å²) in [5.41, 5.74) is 4.96. The highest BCUT2D eigenvalue weighted by Crippen LogP contribution is 2.18. The van der Waals surface area contributed by atoms with E-state index in [4.69, 9.17) is 9.47 Å². The van der Waals surface area contributed by atoms with Gasteiger partial charge < -0.3 is 14.6 Å². The normalized spacial score (nSPS) is 17.6. The number of hydrogen-bond donors (Lipinski definition) is 1. The molecule has 2 unspecified atom stereocenters. The van der Waals surface area contributed by atoms with E-state index in [-0.39, 0.29) is 6.10 Å². The molecule has 0 aliphatic carbocycles. The Hall–Kier alpha value is -1.88. The second-order valence-electron chi connectivity index (χ2n) is 8.29. The van der Waals surface area contributed by atoms with Crippen molar-refractivity contribution in [2.24, 2.45) is 0 Å². The Kier molecular flexibility index (Phi) is 8.10. The summed E-state index contributed by atoms with van der Waals surface area (Å²) in [7, 11) is 0. The van der Waals surface area contributed by atoms with Crippen LogP contribution in [-0.4, -0.2) is 48.5 Å². The van der Waals surface area contributed by atoms with Gasteiger partial charge in [0.25, 0.3) is 0 Å². The fraction of sp³-hybridized carbons (Fsp3) is 0.520. The van der Waals surface area contributed by atoms with Crippen molar-refractivity contribution in [2.45, 2.75) is 58.8 Å². The summed E-state index contributed by atoms with van der Waals surface area (Å²) in [6.07, 6.45) is 2.99. The standard InChI is InChI=1S/C25H35NO3/c1-4-21-7-9-22(10-8-21)15-26(17-24-6-5-11-28-24)16-23(27)18-29-25-13-19(2)12-20(3)14-25/h7-10,12-14,23-24,27H,4-6,11,15-18H2,1-3H3. The first kappa shape index (κ1) is 21.8. The van der Waals surface area contributed by atoms with E-state index in [1.165, 1.54) is 22.3 Å². The average molecular weight is 398 g/mol. The maximum atomic E-state index is 10.6. The van der Waals surface area contributed by atoms with Crippen molar-refractivity contribution >= 4 is 0 Å². The van der Waals surface area contributed by atoms with Gasteiger partial charge in [-0.25, -0.2) is 0 Å². The Morgan fingerprint density at radius 1 is 1.10 bits per heavy atom. The Morgan fingerprint density at radius 3 is 2.41 bits per heavy atom. The van der Waals surface area contributed by atoms with Crippen LogP contribution in [0, 0.1) is 13.8 Å². The van der Waals surface area contributed by atoms with Crippen molar-refractivity contribution in [1.29, 1.82) is 0 Å². The van der Waals surface area contributed by atoms with Gasteiger partial charge in [-0.2, -0.15) is 0 Å². The third-order valence-corrected chi connectivity index (χ3v) is 5.43. The predicted octanol–water partition coefficient (Wildman–Crippen LogP) is 4.29. The lowest BCUT2D eigenvalue weighted by Gasteiger charge is -2.27. The van der Waals surface area contributed by atoms with Crippen molar-refractivity contribution in [1.82, 2.24) is 4.90 Å². The van der Waals surface area contributed by atoms with E-state index < -0.39 is 6.10 Å². The summed E-state index contributed by atoms with van der Waals surface area (Å²) in [6.45, 7) is 9.65. The monoisotopic (exact) mass is 397 g/mol. The molecule has 0 aromatic heterocycles. The number of rotatable bonds is 10. The quantitative estimate of drug-likeness (QED) is 0.650. The summed E-state index contributed by atoms with van der Waals surface area (Å²) in [5, 5.41) is 10.6. The fourth-order valence-electron chi connectivity index (χ4n) is 3.98. The zero-order valence-corrected chi connectivity index (χ0v) is 18.1. The molecule has 1 saturated heterocycles. The van der Waals surface area contributed by atoms with E-state index >= 15 is 0 Å². The molecule has 4 heteroatoms. The summed E-state index contributed by atoms with van der Waals surface area (Å²) in [6, 6.07) is 14.9. The SMILES string of the molecule is CCc1ccc(CN(CC(O)COc2cc(C)cc(C)c2)CC2CCCO2)cc1. The first-order valence-electron chi connectivity index (χ1n) is 10.8. The molecule has 2 aromatic carbocycles. The van der Waals surface area contributed by atoms with Crippen LogP contribution in [0.1, 0.15) is 42.0 Å². The van der Waals surface area contributed by atoms with Crippen LogP contribution in [0.4, 0.5) is 0 Å². The Balaban J connectivity index is 1.58. The second-order valence-corrected chi connectivity index (χ2v) is 8.29. The van der Waals surface area contributed by atoms with Crippen molar-refractivity contribution < 1.29 is 14.6 Å². The highest BCUT2D eigenvalue weighted by atomic mass is 16.5. The number of ether oxygens (including phenoxy) is 2. The smallest absolute Gasteiger partial charge is 0.119 e. The third-order valence-electron chi connectivity index (χ3n) is 5.43. The van der Waals surface area contributed by atoms with Crippen molar-refractivity contribution in [3.63, 3.8) is 0 Å². The molecule has 2 aromatic rings. The summed E-state index contributed by atoms with van der Waals surface area (Å²) >= 11 is 0. The van der Waals surface area contributed by atoms with Crippen LogP contribution in [-0.2, 0) is 17.7 Å². The fourth-order valence-corrected chi connectivity index (χ4v) is 3.98. The molecule has 1 aliphatic heterocycles. The first-order chi connectivity index (χ1) is 14.0. The molecule has 0 bridgehead atoms. The van der Waals surface area contributed by atoms with E-state index in [1.807, 2.05) is 12.1 Å². The molecule has 29 heavy (non-hydrogen) atoms. The molecular formula is C25H35NO3. The largest absolute Gasteiger partial charge is 0.491 e. The van der Waals surface area contributed by atoms with E-state index in [2.05, 4.69) is 56.0 Å². The van der Waals surface area contributed by atoms with E-state index in [1.54, 1.807) is 0 Å². The molecule has 2 atom stereocenters. The maximum absolute atomic E-state index is 10.6. The summed E-state index contributed by atoms with van der Waals surface area (Å²) in [4.78, 5) is 2.30. The average Bonchev–Trinajstić information content (AvgIpc) is 3.19. The zero-order valence-electron chi connectivity index (χ0n) is 18.1. The number of aryl methyl sites for hydroxylation is 3. The number of aliphatic hydroxyl groups excluding tert-OH is 1. The van der Waals surface area contributed by atoms with Crippen LogP contribution in [0.5, 0.6) is 5.75 Å². The number of aliphatic hydroxyl groups is 1. The minimum absolute atomic E-state index is 0.262. The summed E-state index contributed by atoms with van der Waals surface area (Å²) < 4.78 is 11.7. The topological polar surface area (TPSA) is 41.9 Å². The molecule has 0 amide bonds. The van der Waals surface area contributed by atoms with Crippen LogP contribution in [0.15, 0.2) is 42.5 Å². The molecule has 1 N–H and O–H groups in total. The molecule has 1 heterocycles. The van der Waals surface area contributed by atoms with Gasteiger partial charge in [-0.1, -0.05) is 37.3 Å². The van der Waals surface area contributed by atoms with Crippen LogP contribution in [0.25, 0.3) is 0 Å². The third kappa shape index (κ3) is 7.14. The van der Waals surface area contributed by atoms with E-state index in [0.717, 1.165) is 44.7 Å². The van der Waals surface area contributed by atoms with Gasteiger partial charge in [-0.05, 0) is 67.5 Å². The van der Waals surface area contributed by atoms with Crippen LogP contribution in [0.3, 0.4) is 0 Å². The van der Waals surface area contributed by atoms with Gasteiger partial charge in [0.2, 0.25) is 0 Å². The minimum Gasteiger partial charge on any atom is -0.491 e.